The van der Waals surface area contributed by atoms with E-state index in [4.69, 9.17) is 14.8 Å². The van der Waals surface area contributed by atoms with Crippen LogP contribution in [0.15, 0.2) is 84.0 Å². The average Bonchev–Trinajstić information content (AvgIpc) is 3.64. The summed E-state index contributed by atoms with van der Waals surface area (Å²) in [6.07, 6.45) is 7.22. The van der Waals surface area contributed by atoms with Crippen LogP contribution in [0.1, 0.15) is 37.1 Å². The molecule has 0 bridgehead atoms. The lowest BCUT2D eigenvalue weighted by Gasteiger charge is -2.11. The number of ether oxygens (including phenoxy) is 1. The molecular formula is C28H30N6O. The first kappa shape index (κ1) is 22.9. The molecule has 0 amide bonds. The first-order valence-electron chi connectivity index (χ1n) is 12.1. The van der Waals surface area contributed by atoms with Gasteiger partial charge in [-0.1, -0.05) is 61.2 Å². The van der Waals surface area contributed by atoms with Crippen LogP contribution in [0.3, 0.4) is 0 Å². The van der Waals surface area contributed by atoms with Crippen molar-refractivity contribution in [2.45, 2.75) is 32.1 Å². The molecule has 1 fully saturated rings. The van der Waals surface area contributed by atoms with Crippen LogP contribution in [0.2, 0.25) is 0 Å². The molecule has 2 heterocycles. The second-order valence-corrected chi connectivity index (χ2v) is 8.79. The first-order chi connectivity index (χ1) is 17.2. The second-order valence-electron chi connectivity index (χ2n) is 8.79. The number of benzene rings is 2. The van der Waals surface area contributed by atoms with E-state index in [0.717, 1.165) is 53.8 Å². The Kier molecular flexibility index (Phi) is 6.95. The van der Waals surface area contributed by atoms with E-state index < -0.39 is 0 Å². The van der Waals surface area contributed by atoms with E-state index in [0.29, 0.717) is 24.0 Å². The van der Waals surface area contributed by atoms with Gasteiger partial charge in [0.1, 0.15) is 6.61 Å². The minimum absolute atomic E-state index is 0.245. The lowest BCUT2D eigenvalue weighted by atomic mass is 10.1. The highest BCUT2D eigenvalue weighted by molar-refractivity contribution is 5.97. The van der Waals surface area contributed by atoms with Crippen molar-refractivity contribution in [3.63, 3.8) is 0 Å². The van der Waals surface area contributed by atoms with Gasteiger partial charge in [-0.25, -0.2) is 0 Å². The summed E-state index contributed by atoms with van der Waals surface area (Å²) in [7, 11) is 0. The van der Waals surface area contributed by atoms with E-state index in [-0.39, 0.29) is 6.61 Å². The smallest absolute Gasteiger partial charge is 0.240 e. The molecule has 2 aromatic carbocycles. The SMILES string of the molecule is C=C(COc1nn2c(C3CC3)nnc2c2ccccc12)N=C(/C=C\C)CNCCc1ccccc1. The molecule has 0 saturated heterocycles. The maximum atomic E-state index is 6.14. The summed E-state index contributed by atoms with van der Waals surface area (Å²) in [5, 5.41) is 18.9. The zero-order valence-electron chi connectivity index (χ0n) is 20.0. The molecule has 0 radical (unpaired) electrons. The summed E-state index contributed by atoms with van der Waals surface area (Å²) in [6.45, 7) is 7.89. The molecule has 1 saturated carbocycles. The third-order valence-electron chi connectivity index (χ3n) is 5.97. The average molecular weight is 467 g/mol. The molecule has 1 N–H and O–H groups in total. The Labute approximate surface area is 205 Å². The zero-order valence-corrected chi connectivity index (χ0v) is 20.0. The maximum absolute atomic E-state index is 6.14. The highest BCUT2D eigenvalue weighted by atomic mass is 16.5. The van der Waals surface area contributed by atoms with E-state index in [9.17, 15) is 0 Å². The van der Waals surface area contributed by atoms with Crippen LogP contribution in [0.5, 0.6) is 5.88 Å². The molecule has 7 nitrogen and oxygen atoms in total. The van der Waals surface area contributed by atoms with Gasteiger partial charge >= 0.3 is 0 Å². The third-order valence-corrected chi connectivity index (χ3v) is 5.97. The summed E-state index contributed by atoms with van der Waals surface area (Å²) >= 11 is 0. The number of hydrogen-bond donors (Lipinski definition) is 1. The maximum Gasteiger partial charge on any atom is 0.240 e. The van der Waals surface area contributed by atoms with Crippen molar-refractivity contribution >= 4 is 22.1 Å². The van der Waals surface area contributed by atoms with Gasteiger partial charge in [0.15, 0.2) is 11.5 Å². The lowest BCUT2D eigenvalue weighted by Crippen LogP contribution is -2.24. The van der Waals surface area contributed by atoms with Crippen LogP contribution in [0.25, 0.3) is 16.4 Å². The van der Waals surface area contributed by atoms with E-state index in [1.807, 2.05) is 53.9 Å². The molecule has 2 aromatic heterocycles. The molecule has 35 heavy (non-hydrogen) atoms. The number of nitrogens with zero attached hydrogens (tertiary/aromatic N) is 5. The fraction of sp³-hybridized carbons (Fsp3) is 0.286. The Morgan fingerprint density at radius 3 is 2.66 bits per heavy atom. The van der Waals surface area contributed by atoms with Gasteiger partial charge in [0, 0.05) is 23.2 Å². The van der Waals surface area contributed by atoms with Crippen molar-refractivity contribution in [3.8, 4) is 5.88 Å². The number of nitrogens with one attached hydrogen (secondary N) is 1. The molecule has 1 aliphatic rings. The Hall–Kier alpha value is -3.84. The van der Waals surface area contributed by atoms with E-state index in [2.05, 4.69) is 46.4 Å². The van der Waals surface area contributed by atoms with Crippen LogP contribution in [0.4, 0.5) is 0 Å². The number of aliphatic imine (C=N–C) groups is 1. The number of allylic oxidation sites excluding steroid dienone is 1. The van der Waals surface area contributed by atoms with Gasteiger partial charge in [-0.15, -0.1) is 15.3 Å². The highest BCUT2D eigenvalue weighted by Gasteiger charge is 2.30. The van der Waals surface area contributed by atoms with Crippen molar-refractivity contribution in [1.82, 2.24) is 25.1 Å². The number of rotatable bonds is 11. The summed E-state index contributed by atoms with van der Waals surface area (Å²) in [4.78, 5) is 4.70. The topological polar surface area (TPSA) is 76.7 Å². The van der Waals surface area contributed by atoms with Crippen LogP contribution in [-0.4, -0.2) is 45.2 Å². The minimum Gasteiger partial charge on any atom is -0.470 e. The van der Waals surface area contributed by atoms with Crippen molar-refractivity contribution in [3.05, 3.63) is 90.4 Å². The van der Waals surface area contributed by atoms with Gasteiger partial charge in [0.25, 0.3) is 0 Å². The first-order valence-corrected chi connectivity index (χ1v) is 12.1. The number of aromatic nitrogens is 4. The molecule has 0 spiro atoms. The fourth-order valence-electron chi connectivity index (χ4n) is 4.08. The molecule has 0 atom stereocenters. The van der Waals surface area contributed by atoms with Crippen LogP contribution in [-0.2, 0) is 6.42 Å². The van der Waals surface area contributed by atoms with Gasteiger partial charge < -0.3 is 10.1 Å². The van der Waals surface area contributed by atoms with Crippen molar-refractivity contribution in [1.29, 1.82) is 0 Å². The van der Waals surface area contributed by atoms with E-state index in [1.165, 1.54) is 5.56 Å². The van der Waals surface area contributed by atoms with Gasteiger partial charge in [-0.2, -0.15) is 4.52 Å². The molecule has 1 aliphatic carbocycles. The Bertz CT molecular complexity index is 1380. The van der Waals surface area contributed by atoms with E-state index >= 15 is 0 Å². The molecule has 5 rings (SSSR count). The molecule has 7 heteroatoms. The Morgan fingerprint density at radius 2 is 1.89 bits per heavy atom. The van der Waals surface area contributed by atoms with Gasteiger partial charge in [0.05, 0.1) is 11.4 Å². The van der Waals surface area contributed by atoms with Crippen molar-refractivity contribution < 1.29 is 4.74 Å². The molecular weight excluding hydrogens is 436 g/mol. The summed E-state index contributed by atoms with van der Waals surface area (Å²) in [5.74, 6) is 1.88. The Morgan fingerprint density at radius 1 is 1.11 bits per heavy atom. The summed E-state index contributed by atoms with van der Waals surface area (Å²) in [5.41, 5.74) is 3.64. The van der Waals surface area contributed by atoms with Gasteiger partial charge in [-0.05, 0) is 50.4 Å². The van der Waals surface area contributed by atoms with Crippen molar-refractivity contribution in [2.75, 3.05) is 19.7 Å². The summed E-state index contributed by atoms with van der Waals surface area (Å²) in [6, 6.07) is 18.5. The standard InChI is InChI=1S/C28H30N6O/c1-3-9-23(18-29-17-16-21-10-5-4-6-11-21)30-20(2)19-35-28-25-13-8-7-12-24(25)27-32-31-26(22-14-15-22)34(27)33-28/h3-13,22,29H,2,14-19H2,1H3/b9-3-,30-23?. The van der Waals surface area contributed by atoms with Gasteiger partial charge in [0.2, 0.25) is 5.88 Å². The van der Waals surface area contributed by atoms with Crippen LogP contribution in [0, 0.1) is 0 Å². The molecule has 4 aromatic rings. The monoisotopic (exact) mass is 466 g/mol. The minimum atomic E-state index is 0.245. The van der Waals surface area contributed by atoms with E-state index in [1.54, 1.807) is 0 Å². The fourth-order valence-corrected chi connectivity index (χ4v) is 4.08. The number of hydrogen-bond acceptors (Lipinski definition) is 6. The second kappa shape index (κ2) is 10.6. The lowest BCUT2D eigenvalue weighted by molar-refractivity contribution is 0.336. The molecule has 0 unspecified atom stereocenters. The third kappa shape index (κ3) is 5.46. The normalized spacial score (nSPS) is 14.3. The Balaban J connectivity index is 1.26. The van der Waals surface area contributed by atoms with Gasteiger partial charge in [-0.3, -0.25) is 4.99 Å². The summed E-state index contributed by atoms with van der Waals surface area (Å²) < 4.78 is 7.97. The van der Waals surface area contributed by atoms with Crippen LogP contribution < -0.4 is 10.1 Å². The molecule has 0 aliphatic heterocycles. The zero-order chi connectivity index (χ0) is 24.0. The predicted octanol–water partition coefficient (Wildman–Crippen LogP) is 4.90. The largest absolute Gasteiger partial charge is 0.470 e. The predicted molar refractivity (Wildman–Crippen MR) is 140 cm³/mol. The van der Waals surface area contributed by atoms with Crippen LogP contribution >= 0.6 is 0 Å². The quantitative estimate of drug-likeness (QED) is 0.251. The molecule has 178 valence electrons. The van der Waals surface area contributed by atoms with Crippen molar-refractivity contribution in [2.24, 2.45) is 4.99 Å². The highest BCUT2D eigenvalue weighted by Crippen LogP contribution is 2.39. The number of fused-ring (bicyclic) bond motifs is 3.